The molecule has 4 nitrogen and oxygen atoms in total. The maximum absolute atomic E-state index is 6.09. The van der Waals surface area contributed by atoms with Crippen molar-refractivity contribution in [2.75, 3.05) is 13.1 Å². The third-order valence-corrected chi connectivity index (χ3v) is 5.28. The van der Waals surface area contributed by atoms with Crippen LogP contribution in [0.2, 0.25) is 0 Å². The molecule has 112 valence electrons. The summed E-state index contributed by atoms with van der Waals surface area (Å²) in [4.78, 5) is 9.42. The summed E-state index contributed by atoms with van der Waals surface area (Å²) in [6.45, 7) is 4.29. The van der Waals surface area contributed by atoms with Crippen molar-refractivity contribution < 1.29 is 0 Å². The van der Waals surface area contributed by atoms with Gasteiger partial charge in [-0.1, -0.05) is 0 Å². The molecule has 2 aliphatic rings. The fourth-order valence-corrected chi connectivity index (χ4v) is 4.13. The molecule has 2 N–H and O–H groups in total. The van der Waals surface area contributed by atoms with Gasteiger partial charge in [0.2, 0.25) is 0 Å². The molecule has 0 aliphatic carbocycles. The van der Waals surface area contributed by atoms with Crippen LogP contribution in [0.15, 0.2) is 47.6 Å². The summed E-state index contributed by atoms with van der Waals surface area (Å²) in [6, 6.07) is 11.3. The van der Waals surface area contributed by atoms with Gasteiger partial charge in [-0.25, -0.2) is 0 Å². The van der Waals surface area contributed by atoms with Crippen LogP contribution >= 0.6 is 0 Å². The van der Waals surface area contributed by atoms with E-state index in [-0.39, 0.29) is 6.17 Å². The summed E-state index contributed by atoms with van der Waals surface area (Å²) in [5.74, 6) is 0. The predicted molar refractivity (Wildman–Crippen MR) is 89.8 cm³/mol. The van der Waals surface area contributed by atoms with Crippen molar-refractivity contribution in [2.45, 2.75) is 31.6 Å². The Morgan fingerprint density at radius 2 is 2.10 bits per heavy atom. The Balaban J connectivity index is 1.86. The number of amidine groups is 1. The van der Waals surface area contributed by atoms with Gasteiger partial charge in [-0.2, -0.15) is 0 Å². The molecule has 2 heterocycles. The Morgan fingerprint density at radius 3 is 2.76 bits per heavy atom. The SMILES string of the molecule is C[C@H](c1ccccc1)N1C([AsH2])=NC=CC1N1CC[C@@H](N)C1. The van der Waals surface area contributed by atoms with Crippen LogP contribution in [0.1, 0.15) is 24.9 Å². The monoisotopic (exact) mass is 346 g/mol. The fourth-order valence-electron chi connectivity index (χ4n) is 3.16. The minimum absolute atomic E-state index is 0.271. The van der Waals surface area contributed by atoms with E-state index in [0.717, 1.165) is 24.1 Å². The normalized spacial score (nSPS) is 27.8. The topological polar surface area (TPSA) is 44.9 Å². The van der Waals surface area contributed by atoms with E-state index < -0.39 is 0 Å². The molecule has 2 aliphatic heterocycles. The summed E-state index contributed by atoms with van der Waals surface area (Å²) in [6.07, 6.45) is 5.49. The first-order valence-corrected chi connectivity index (χ1v) is 8.71. The maximum atomic E-state index is 6.09. The average Bonchev–Trinajstić information content (AvgIpc) is 2.94. The molecule has 0 aromatic heterocycles. The second-order valence-corrected chi connectivity index (χ2v) is 6.86. The average molecular weight is 346 g/mol. The first-order chi connectivity index (χ1) is 10.2. The zero-order chi connectivity index (χ0) is 14.8. The number of likely N-dealkylation sites (tertiary alicyclic amines) is 1. The van der Waals surface area contributed by atoms with Gasteiger partial charge in [0.15, 0.2) is 0 Å². The molecule has 1 aromatic rings. The van der Waals surface area contributed by atoms with Crippen LogP contribution in [-0.2, 0) is 0 Å². The van der Waals surface area contributed by atoms with E-state index in [2.05, 4.69) is 58.1 Å². The number of hydrogen-bond donors (Lipinski definition) is 1. The van der Waals surface area contributed by atoms with E-state index in [1.54, 1.807) is 16.9 Å². The number of aliphatic imine (C=N–C) groups is 1. The van der Waals surface area contributed by atoms with Crippen molar-refractivity contribution in [1.82, 2.24) is 9.80 Å². The molecule has 2 unspecified atom stereocenters. The van der Waals surface area contributed by atoms with Crippen LogP contribution in [0.5, 0.6) is 0 Å². The van der Waals surface area contributed by atoms with Crippen LogP contribution in [-0.4, -0.2) is 56.6 Å². The summed E-state index contributed by atoms with van der Waals surface area (Å²) in [5.41, 5.74) is 7.41. The van der Waals surface area contributed by atoms with Gasteiger partial charge in [0, 0.05) is 0 Å². The zero-order valence-electron chi connectivity index (χ0n) is 12.4. The van der Waals surface area contributed by atoms with Crippen LogP contribution < -0.4 is 5.73 Å². The number of nitrogens with two attached hydrogens (primary N) is 1. The molecule has 5 heteroatoms. The zero-order valence-corrected chi connectivity index (χ0v) is 14.8. The van der Waals surface area contributed by atoms with E-state index >= 15 is 0 Å². The molecular formula is C16H23AsN4. The quantitative estimate of drug-likeness (QED) is 0.828. The van der Waals surface area contributed by atoms with Crippen LogP contribution in [0.4, 0.5) is 0 Å². The Hall–Kier alpha value is -1.09. The number of benzene rings is 1. The molecule has 0 radical (unpaired) electrons. The van der Waals surface area contributed by atoms with E-state index in [4.69, 9.17) is 5.73 Å². The molecular weight excluding hydrogens is 323 g/mol. The van der Waals surface area contributed by atoms with Crippen molar-refractivity contribution in [3.05, 3.63) is 48.2 Å². The molecule has 0 saturated carbocycles. The Kier molecular flexibility index (Phi) is 4.48. The first kappa shape index (κ1) is 14.8. The van der Waals surface area contributed by atoms with Crippen molar-refractivity contribution in [2.24, 2.45) is 10.7 Å². The number of nitrogens with zero attached hydrogens (tertiary/aromatic N) is 3. The standard InChI is InChI=1S/C16H23AsN4/c1-12(13-5-3-2-4-6-13)21-15(7-9-19-16(21)17)20-10-8-14(18)11-20/h2-7,9,12,14-15H,8,10-11,17-18H2,1H3/t12-,14-,15?/m1/s1. The molecule has 1 aromatic carbocycles. The molecule has 1 saturated heterocycles. The summed E-state index contributed by atoms with van der Waals surface area (Å²) in [7, 11) is 0. The van der Waals surface area contributed by atoms with Gasteiger partial charge in [0.05, 0.1) is 0 Å². The molecule has 0 spiro atoms. The minimum atomic E-state index is 0.271. The predicted octanol–water partition coefficient (Wildman–Crippen LogP) is 0.925. The summed E-state index contributed by atoms with van der Waals surface area (Å²) >= 11 is 1.58. The van der Waals surface area contributed by atoms with Crippen LogP contribution in [0.25, 0.3) is 0 Å². The van der Waals surface area contributed by atoms with Crippen LogP contribution in [0, 0.1) is 0 Å². The van der Waals surface area contributed by atoms with Gasteiger partial charge >= 0.3 is 135 Å². The molecule has 4 atom stereocenters. The van der Waals surface area contributed by atoms with Gasteiger partial charge in [-0.15, -0.1) is 0 Å². The van der Waals surface area contributed by atoms with Gasteiger partial charge in [-0.3, -0.25) is 0 Å². The Morgan fingerprint density at radius 1 is 1.33 bits per heavy atom. The molecule has 1 fully saturated rings. The van der Waals surface area contributed by atoms with Crippen LogP contribution in [0.3, 0.4) is 0 Å². The second kappa shape index (κ2) is 6.35. The molecule has 0 bridgehead atoms. The second-order valence-electron chi connectivity index (χ2n) is 5.78. The molecule has 21 heavy (non-hydrogen) atoms. The van der Waals surface area contributed by atoms with E-state index in [1.807, 2.05) is 6.20 Å². The third-order valence-electron chi connectivity index (χ3n) is 4.34. The van der Waals surface area contributed by atoms with E-state index in [1.165, 1.54) is 5.56 Å². The van der Waals surface area contributed by atoms with Gasteiger partial charge in [-0.05, 0) is 0 Å². The third kappa shape index (κ3) is 3.08. The molecule has 3 rings (SSSR count). The van der Waals surface area contributed by atoms with Crippen molar-refractivity contribution in [1.29, 1.82) is 0 Å². The Labute approximate surface area is 135 Å². The fraction of sp³-hybridized carbons (Fsp3) is 0.438. The Bertz CT molecular complexity index is 542. The van der Waals surface area contributed by atoms with E-state index in [0.29, 0.717) is 12.1 Å². The number of hydrogen-bond acceptors (Lipinski definition) is 4. The van der Waals surface area contributed by atoms with Gasteiger partial charge in [0.25, 0.3) is 0 Å². The van der Waals surface area contributed by atoms with Crippen molar-refractivity contribution in [3.8, 4) is 0 Å². The summed E-state index contributed by atoms with van der Waals surface area (Å²) in [5, 5.41) is 0. The van der Waals surface area contributed by atoms with E-state index in [9.17, 15) is 0 Å². The summed E-state index contributed by atoms with van der Waals surface area (Å²) < 4.78 is 1.13. The van der Waals surface area contributed by atoms with Gasteiger partial charge < -0.3 is 0 Å². The van der Waals surface area contributed by atoms with Gasteiger partial charge in [0.1, 0.15) is 0 Å². The first-order valence-electron chi connectivity index (χ1n) is 7.49. The van der Waals surface area contributed by atoms with Crippen molar-refractivity contribution >= 4 is 21.5 Å². The molecule has 0 amide bonds. The van der Waals surface area contributed by atoms with Crippen molar-refractivity contribution in [3.63, 3.8) is 0 Å². The number of rotatable bonds is 3.